The lowest BCUT2D eigenvalue weighted by molar-refractivity contribution is 0.427. The Bertz CT molecular complexity index is 732. The molecule has 0 spiro atoms. The molecule has 0 fully saturated rings. The first-order chi connectivity index (χ1) is 8.90. The second kappa shape index (κ2) is 4.98. The van der Waals surface area contributed by atoms with Gasteiger partial charge in [0.05, 0.1) is 12.2 Å². The number of aryl methyl sites for hydroxylation is 1. The Labute approximate surface area is 109 Å². The van der Waals surface area contributed by atoms with Gasteiger partial charge in [-0.3, -0.25) is 4.79 Å². The Morgan fingerprint density at radius 1 is 1.47 bits per heavy atom. The van der Waals surface area contributed by atoms with Crippen molar-refractivity contribution in [3.8, 4) is 0 Å². The number of hydrogen-bond acceptors (Lipinski definition) is 5. The lowest BCUT2D eigenvalue weighted by Gasteiger charge is -2.10. The molecule has 2 rings (SSSR count). The maximum atomic E-state index is 12.0. The van der Waals surface area contributed by atoms with Crippen LogP contribution in [-0.2, 0) is 10.0 Å². The molecule has 2 N–H and O–H groups in total. The molecule has 0 radical (unpaired) electrons. The summed E-state index contributed by atoms with van der Waals surface area (Å²) in [4.78, 5) is 17.7. The molecule has 8 heteroatoms. The average Bonchev–Trinajstić information content (AvgIpc) is 2.76. The zero-order valence-electron chi connectivity index (χ0n) is 10.4. The van der Waals surface area contributed by atoms with E-state index in [2.05, 4.69) is 14.7 Å². The van der Waals surface area contributed by atoms with Gasteiger partial charge < -0.3 is 9.40 Å². The van der Waals surface area contributed by atoms with Crippen molar-refractivity contribution in [1.82, 2.24) is 14.7 Å². The summed E-state index contributed by atoms with van der Waals surface area (Å²) < 4.78 is 31.7. The van der Waals surface area contributed by atoms with Gasteiger partial charge in [0, 0.05) is 18.5 Å². The maximum absolute atomic E-state index is 12.0. The quantitative estimate of drug-likeness (QED) is 0.859. The molecule has 0 aliphatic rings. The summed E-state index contributed by atoms with van der Waals surface area (Å²) in [7, 11) is -3.92. The fraction of sp³-hybridized carbons (Fsp3) is 0.273. The predicted octanol–water partition coefficient (Wildman–Crippen LogP) is 0.711. The molecule has 2 heterocycles. The highest BCUT2D eigenvalue weighted by Crippen LogP contribution is 2.14. The minimum absolute atomic E-state index is 0.244. The summed E-state index contributed by atoms with van der Waals surface area (Å²) >= 11 is 0. The van der Waals surface area contributed by atoms with Gasteiger partial charge in [-0.25, -0.2) is 13.4 Å². The van der Waals surface area contributed by atoms with E-state index in [0.29, 0.717) is 5.76 Å². The number of aromatic amines is 1. The third kappa shape index (κ3) is 2.91. The number of sulfonamides is 1. The van der Waals surface area contributed by atoms with Crippen LogP contribution >= 0.6 is 0 Å². The van der Waals surface area contributed by atoms with Crippen molar-refractivity contribution in [2.24, 2.45) is 0 Å². The van der Waals surface area contributed by atoms with Crippen molar-refractivity contribution in [2.75, 3.05) is 0 Å². The number of aromatic nitrogens is 2. The van der Waals surface area contributed by atoms with E-state index in [9.17, 15) is 13.2 Å². The first-order valence-electron chi connectivity index (χ1n) is 5.52. The van der Waals surface area contributed by atoms with E-state index in [4.69, 9.17) is 4.42 Å². The van der Waals surface area contributed by atoms with Gasteiger partial charge in [0.25, 0.3) is 0 Å². The normalized spacial score (nSPS) is 13.4. The molecule has 0 bridgehead atoms. The van der Waals surface area contributed by atoms with E-state index < -0.39 is 21.5 Å². The Morgan fingerprint density at radius 2 is 2.21 bits per heavy atom. The number of rotatable bonds is 4. The van der Waals surface area contributed by atoms with Gasteiger partial charge in [0.1, 0.15) is 10.7 Å². The molecule has 0 aliphatic carbocycles. The fourth-order valence-electron chi connectivity index (χ4n) is 1.53. The summed E-state index contributed by atoms with van der Waals surface area (Å²) in [5.41, 5.74) is -0.581. The van der Waals surface area contributed by atoms with Crippen molar-refractivity contribution in [2.45, 2.75) is 24.8 Å². The highest BCUT2D eigenvalue weighted by Gasteiger charge is 2.23. The molecular weight excluding hydrogens is 270 g/mol. The van der Waals surface area contributed by atoms with Crippen molar-refractivity contribution in [3.05, 3.63) is 46.5 Å². The molecule has 19 heavy (non-hydrogen) atoms. The van der Waals surface area contributed by atoms with E-state index in [1.165, 1.54) is 12.4 Å². The van der Waals surface area contributed by atoms with Crippen molar-refractivity contribution < 1.29 is 12.8 Å². The van der Waals surface area contributed by atoms with Gasteiger partial charge in [-0.15, -0.1) is 0 Å². The molecule has 0 aromatic carbocycles. The largest absolute Gasteiger partial charge is 0.444 e. The molecular formula is C11H13N3O4S. The van der Waals surface area contributed by atoms with Crippen LogP contribution in [0, 0.1) is 6.92 Å². The number of nitrogens with zero attached hydrogens (tertiary/aromatic N) is 1. The van der Waals surface area contributed by atoms with Crippen LogP contribution < -0.4 is 10.2 Å². The third-order valence-corrected chi connectivity index (χ3v) is 3.98. The minimum atomic E-state index is -3.92. The van der Waals surface area contributed by atoms with Crippen molar-refractivity contribution >= 4 is 10.0 Å². The first-order valence-corrected chi connectivity index (χ1v) is 7.00. The van der Waals surface area contributed by atoms with Gasteiger partial charge >= 0.3 is 0 Å². The number of nitrogens with one attached hydrogen (secondary N) is 2. The Morgan fingerprint density at radius 3 is 2.79 bits per heavy atom. The van der Waals surface area contributed by atoms with Gasteiger partial charge in [0.15, 0.2) is 0 Å². The summed E-state index contributed by atoms with van der Waals surface area (Å²) in [5.74, 6) is 0.826. The lowest BCUT2D eigenvalue weighted by atomic mass is 10.4. The summed E-state index contributed by atoms with van der Waals surface area (Å²) in [6.45, 7) is 3.29. The molecule has 1 unspecified atom stereocenters. The smallest absolute Gasteiger partial charge is 0.246 e. The summed E-state index contributed by atoms with van der Waals surface area (Å²) in [5, 5.41) is 0. The molecule has 0 aliphatic heterocycles. The number of H-pyrrole nitrogens is 1. The van der Waals surface area contributed by atoms with Gasteiger partial charge in [0.2, 0.25) is 21.3 Å². The predicted molar refractivity (Wildman–Crippen MR) is 67.0 cm³/mol. The van der Waals surface area contributed by atoms with Crippen molar-refractivity contribution in [1.29, 1.82) is 0 Å². The van der Waals surface area contributed by atoms with Crippen LogP contribution in [0.3, 0.4) is 0 Å². The first kappa shape index (κ1) is 13.5. The maximum Gasteiger partial charge on any atom is 0.246 e. The average molecular weight is 283 g/mol. The van der Waals surface area contributed by atoms with Crippen molar-refractivity contribution in [3.63, 3.8) is 0 Å². The van der Waals surface area contributed by atoms with Crippen LogP contribution in [0.5, 0.6) is 0 Å². The second-order valence-corrected chi connectivity index (χ2v) is 5.71. The molecule has 0 amide bonds. The van der Waals surface area contributed by atoms with E-state index >= 15 is 0 Å². The minimum Gasteiger partial charge on any atom is -0.444 e. The number of pyridine rings is 1. The Kier molecular flexibility index (Phi) is 3.54. The van der Waals surface area contributed by atoms with Crippen LogP contribution in [0.15, 0.2) is 38.8 Å². The number of oxazole rings is 1. The lowest BCUT2D eigenvalue weighted by Crippen LogP contribution is -2.30. The van der Waals surface area contributed by atoms with Crippen LogP contribution in [0.2, 0.25) is 0 Å². The van der Waals surface area contributed by atoms with E-state index in [-0.39, 0.29) is 10.8 Å². The number of hydrogen-bond donors (Lipinski definition) is 2. The van der Waals surface area contributed by atoms with Gasteiger partial charge in [-0.2, -0.15) is 4.72 Å². The van der Waals surface area contributed by atoms with Crippen LogP contribution in [0.1, 0.15) is 24.6 Å². The van der Waals surface area contributed by atoms with E-state index in [1.54, 1.807) is 13.8 Å². The molecule has 7 nitrogen and oxygen atoms in total. The Hall–Kier alpha value is -1.93. The van der Waals surface area contributed by atoms with Crippen LogP contribution in [0.4, 0.5) is 0 Å². The highest BCUT2D eigenvalue weighted by molar-refractivity contribution is 7.89. The molecule has 2 aromatic heterocycles. The molecule has 1 atom stereocenters. The van der Waals surface area contributed by atoms with E-state index in [0.717, 1.165) is 12.3 Å². The molecule has 0 saturated heterocycles. The van der Waals surface area contributed by atoms with Crippen LogP contribution in [0.25, 0.3) is 0 Å². The Balaban J connectivity index is 2.28. The summed E-state index contributed by atoms with van der Waals surface area (Å²) in [6, 6.07) is 0.479. The molecule has 102 valence electrons. The second-order valence-electron chi connectivity index (χ2n) is 4.02. The highest BCUT2D eigenvalue weighted by atomic mass is 32.2. The SMILES string of the molecule is Cc1cnc(C(C)NS(=O)(=O)c2c[nH]ccc2=O)o1. The third-order valence-electron chi connectivity index (χ3n) is 2.42. The monoisotopic (exact) mass is 283 g/mol. The zero-order chi connectivity index (χ0) is 14.0. The zero-order valence-corrected chi connectivity index (χ0v) is 11.2. The molecule has 2 aromatic rings. The van der Waals surface area contributed by atoms with E-state index in [1.807, 2.05) is 0 Å². The van der Waals surface area contributed by atoms with Gasteiger partial charge in [-0.05, 0) is 13.8 Å². The van der Waals surface area contributed by atoms with Gasteiger partial charge in [-0.1, -0.05) is 0 Å². The fourth-order valence-corrected chi connectivity index (χ4v) is 2.78. The summed E-state index contributed by atoms with van der Waals surface area (Å²) in [6.07, 6.45) is 4.00. The topological polar surface area (TPSA) is 105 Å². The standard InChI is InChI=1S/C11H13N3O4S/c1-7-5-13-11(18-7)8(2)14-19(16,17)10-6-12-4-3-9(10)15/h3-6,8,14H,1-2H3,(H,12,15). The molecule has 0 saturated carbocycles. The van der Waals surface area contributed by atoms with Crippen LogP contribution in [-0.4, -0.2) is 18.4 Å².